The van der Waals surface area contributed by atoms with Gasteiger partial charge in [-0.15, -0.1) is 0 Å². The highest BCUT2D eigenvalue weighted by molar-refractivity contribution is 5.74. The fraction of sp³-hybridized carbons (Fsp3) is 0. The van der Waals surface area contributed by atoms with Crippen molar-refractivity contribution in [1.82, 2.24) is 9.97 Å². The SMILES string of the molecule is [N-]=[N+]=Nc1ccccc1-c1cncnc1. The van der Waals surface area contributed by atoms with Crippen molar-refractivity contribution in [3.8, 4) is 11.1 Å². The second-order valence-corrected chi connectivity index (χ2v) is 2.83. The van der Waals surface area contributed by atoms with Crippen LogP contribution in [0.25, 0.3) is 21.6 Å². The fourth-order valence-corrected chi connectivity index (χ4v) is 1.29. The smallest absolute Gasteiger partial charge is 0.115 e. The van der Waals surface area contributed by atoms with Crippen LogP contribution in [-0.2, 0) is 0 Å². The van der Waals surface area contributed by atoms with Gasteiger partial charge in [-0.3, -0.25) is 0 Å². The monoisotopic (exact) mass is 197 g/mol. The summed E-state index contributed by atoms with van der Waals surface area (Å²) in [5, 5.41) is 3.61. The predicted molar refractivity (Wildman–Crippen MR) is 56.3 cm³/mol. The zero-order valence-corrected chi connectivity index (χ0v) is 7.78. The molecule has 0 amide bonds. The van der Waals surface area contributed by atoms with E-state index in [0.717, 1.165) is 11.1 Å². The summed E-state index contributed by atoms with van der Waals surface area (Å²) < 4.78 is 0. The lowest BCUT2D eigenvalue weighted by Crippen LogP contribution is -1.81. The van der Waals surface area contributed by atoms with E-state index in [9.17, 15) is 0 Å². The zero-order chi connectivity index (χ0) is 10.5. The first kappa shape index (κ1) is 9.18. The summed E-state index contributed by atoms with van der Waals surface area (Å²) in [4.78, 5) is 10.6. The molecule has 0 saturated heterocycles. The maximum Gasteiger partial charge on any atom is 0.115 e. The summed E-state index contributed by atoms with van der Waals surface area (Å²) in [6.07, 6.45) is 4.82. The van der Waals surface area contributed by atoms with Crippen LogP contribution >= 0.6 is 0 Å². The molecular weight excluding hydrogens is 190 g/mol. The van der Waals surface area contributed by atoms with Gasteiger partial charge in [-0.1, -0.05) is 29.4 Å². The minimum absolute atomic E-state index is 0.579. The summed E-state index contributed by atoms with van der Waals surface area (Å²) >= 11 is 0. The van der Waals surface area contributed by atoms with Gasteiger partial charge >= 0.3 is 0 Å². The standard InChI is InChI=1S/C10H7N5/c11-15-14-10-4-2-1-3-9(10)8-5-12-7-13-6-8/h1-7H. The van der Waals surface area contributed by atoms with Crippen molar-refractivity contribution in [3.63, 3.8) is 0 Å². The molecule has 1 heterocycles. The molecule has 1 aromatic carbocycles. The maximum atomic E-state index is 8.42. The third kappa shape index (κ3) is 1.92. The van der Waals surface area contributed by atoms with E-state index in [2.05, 4.69) is 20.0 Å². The summed E-state index contributed by atoms with van der Waals surface area (Å²) in [6.45, 7) is 0. The molecule has 2 rings (SSSR count). The Balaban J connectivity index is 2.58. The molecule has 0 bridgehead atoms. The van der Waals surface area contributed by atoms with Crippen LogP contribution in [0, 0.1) is 0 Å². The number of benzene rings is 1. The summed E-state index contributed by atoms with van der Waals surface area (Å²) in [5.41, 5.74) is 10.7. The van der Waals surface area contributed by atoms with Crippen LogP contribution in [0.5, 0.6) is 0 Å². The van der Waals surface area contributed by atoms with Gasteiger partial charge in [0.1, 0.15) is 6.33 Å². The van der Waals surface area contributed by atoms with Gasteiger partial charge in [-0.05, 0) is 11.1 Å². The largest absolute Gasteiger partial charge is 0.244 e. The molecule has 0 spiro atoms. The minimum atomic E-state index is 0.579. The Hall–Kier alpha value is -2.39. The van der Waals surface area contributed by atoms with E-state index in [1.165, 1.54) is 6.33 Å². The quantitative estimate of drug-likeness (QED) is 0.421. The van der Waals surface area contributed by atoms with Crippen LogP contribution < -0.4 is 0 Å². The van der Waals surface area contributed by atoms with Gasteiger partial charge in [-0.2, -0.15) is 0 Å². The average Bonchev–Trinajstić information content (AvgIpc) is 2.31. The molecule has 0 saturated carbocycles. The molecule has 0 unspecified atom stereocenters. The first-order valence-corrected chi connectivity index (χ1v) is 4.31. The van der Waals surface area contributed by atoms with Crippen LogP contribution in [0.4, 0.5) is 5.69 Å². The van der Waals surface area contributed by atoms with Crippen molar-refractivity contribution in [3.05, 3.63) is 53.4 Å². The second kappa shape index (κ2) is 4.21. The van der Waals surface area contributed by atoms with E-state index in [4.69, 9.17) is 5.53 Å². The van der Waals surface area contributed by atoms with E-state index >= 15 is 0 Å². The Kier molecular flexibility index (Phi) is 2.58. The van der Waals surface area contributed by atoms with Crippen molar-refractivity contribution in [2.75, 3.05) is 0 Å². The number of azide groups is 1. The Morgan fingerprint density at radius 2 is 1.87 bits per heavy atom. The summed E-state index contributed by atoms with van der Waals surface area (Å²) in [7, 11) is 0. The van der Waals surface area contributed by atoms with Crippen molar-refractivity contribution in [2.45, 2.75) is 0 Å². The molecule has 2 aromatic rings. The summed E-state index contributed by atoms with van der Waals surface area (Å²) in [5.74, 6) is 0. The molecule has 1 aromatic heterocycles. The van der Waals surface area contributed by atoms with E-state index < -0.39 is 0 Å². The van der Waals surface area contributed by atoms with E-state index in [0.29, 0.717) is 5.69 Å². The van der Waals surface area contributed by atoms with Crippen LogP contribution in [-0.4, -0.2) is 9.97 Å². The number of hydrogen-bond acceptors (Lipinski definition) is 3. The number of rotatable bonds is 2. The van der Waals surface area contributed by atoms with Gasteiger partial charge in [0.15, 0.2) is 0 Å². The Labute approximate surface area is 86.1 Å². The molecule has 0 aliphatic carbocycles. The Morgan fingerprint density at radius 1 is 1.13 bits per heavy atom. The molecule has 0 atom stereocenters. The topological polar surface area (TPSA) is 74.5 Å². The molecular formula is C10H7N5. The fourth-order valence-electron chi connectivity index (χ4n) is 1.29. The highest BCUT2D eigenvalue weighted by Gasteiger charge is 2.02. The predicted octanol–water partition coefficient (Wildman–Crippen LogP) is 3.09. The normalized spacial score (nSPS) is 9.33. The third-order valence-electron chi connectivity index (χ3n) is 1.93. The molecule has 0 radical (unpaired) electrons. The average molecular weight is 197 g/mol. The first-order chi connectivity index (χ1) is 7.42. The van der Waals surface area contributed by atoms with Gasteiger partial charge in [0.2, 0.25) is 0 Å². The van der Waals surface area contributed by atoms with Crippen molar-refractivity contribution >= 4 is 5.69 Å². The zero-order valence-electron chi connectivity index (χ0n) is 7.78. The van der Waals surface area contributed by atoms with E-state index in [-0.39, 0.29) is 0 Å². The van der Waals surface area contributed by atoms with Crippen molar-refractivity contribution in [2.24, 2.45) is 5.11 Å². The van der Waals surface area contributed by atoms with Crippen molar-refractivity contribution < 1.29 is 0 Å². The molecule has 72 valence electrons. The molecule has 5 nitrogen and oxygen atoms in total. The van der Waals surface area contributed by atoms with Crippen LogP contribution in [0.1, 0.15) is 0 Å². The van der Waals surface area contributed by atoms with Crippen molar-refractivity contribution in [1.29, 1.82) is 0 Å². The van der Waals surface area contributed by atoms with Gasteiger partial charge in [0, 0.05) is 28.6 Å². The Morgan fingerprint density at radius 3 is 2.60 bits per heavy atom. The van der Waals surface area contributed by atoms with Gasteiger partial charge < -0.3 is 0 Å². The molecule has 0 N–H and O–H groups in total. The number of nitrogens with zero attached hydrogens (tertiary/aromatic N) is 5. The third-order valence-corrected chi connectivity index (χ3v) is 1.93. The lowest BCUT2D eigenvalue weighted by molar-refractivity contribution is 1.17. The van der Waals surface area contributed by atoms with E-state index in [1.807, 2.05) is 18.2 Å². The second-order valence-electron chi connectivity index (χ2n) is 2.83. The van der Waals surface area contributed by atoms with Crippen LogP contribution in [0.15, 0.2) is 48.1 Å². The van der Waals surface area contributed by atoms with Gasteiger partial charge in [0.25, 0.3) is 0 Å². The van der Waals surface area contributed by atoms with Crippen LogP contribution in [0.2, 0.25) is 0 Å². The number of aromatic nitrogens is 2. The summed E-state index contributed by atoms with van der Waals surface area (Å²) in [6, 6.07) is 7.31. The highest BCUT2D eigenvalue weighted by Crippen LogP contribution is 2.28. The molecule has 15 heavy (non-hydrogen) atoms. The van der Waals surface area contributed by atoms with Gasteiger partial charge in [0.05, 0.1) is 0 Å². The van der Waals surface area contributed by atoms with E-state index in [1.54, 1.807) is 18.5 Å². The lowest BCUT2D eigenvalue weighted by Gasteiger charge is -2.02. The van der Waals surface area contributed by atoms with Gasteiger partial charge in [-0.25, -0.2) is 9.97 Å². The van der Waals surface area contributed by atoms with Crippen LogP contribution in [0.3, 0.4) is 0 Å². The molecule has 5 heteroatoms. The number of hydrogen-bond donors (Lipinski definition) is 0. The lowest BCUT2D eigenvalue weighted by atomic mass is 10.1. The Bertz CT molecular complexity index is 502. The molecule has 0 aliphatic rings. The first-order valence-electron chi connectivity index (χ1n) is 4.31. The molecule has 0 aliphatic heterocycles. The maximum absolute atomic E-state index is 8.42. The highest BCUT2D eigenvalue weighted by atomic mass is 15.1. The minimum Gasteiger partial charge on any atom is -0.244 e. The molecule has 0 fully saturated rings.